The van der Waals surface area contributed by atoms with Gasteiger partial charge in [-0.15, -0.1) is 0 Å². The molecule has 17 heavy (non-hydrogen) atoms. The van der Waals surface area contributed by atoms with Crippen molar-refractivity contribution in [2.75, 3.05) is 12.3 Å². The fourth-order valence-corrected chi connectivity index (χ4v) is 2.58. The zero-order valence-corrected chi connectivity index (χ0v) is 10.9. The molecule has 1 saturated heterocycles. The van der Waals surface area contributed by atoms with E-state index in [1.54, 1.807) is 0 Å². The molecule has 0 spiro atoms. The normalized spacial score (nSPS) is 20.9. The van der Waals surface area contributed by atoms with Crippen molar-refractivity contribution >= 4 is 32.7 Å². The molecule has 0 saturated carbocycles. The number of nitrogens with two attached hydrogens (primary N) is 1. The van der Waals surface area contributed by atoms with E-state index in [0.717, 1.165) is 35.9 Å². The minimum absolute atomic E-state index is 0.0191. The molecular weight excluding hydrogens is 284 g/mol. The summed E-state index contributed by atoms with van der Waals surface area (Å²) in [5.41, 5.74) is 7.93. The Morgan fingerprint density at radius 1 is 1.35 bits per heavy atom. The van der Waals surface area contributed by atoms with E-state index >= 15 is 0 Å². The van der Waals surface area contributed by atoms with Crippen molar-refractivity contribution in [1.29, 1.82) is 0 Å². The van der Waals surface area contributed by atoms with Crippen molar-refractivity contribution in [3.63, 3.8) is 0 Å². The molecule has 0 radical (unpaired) electrons. The monoisotopic (exact) mass is 296 g/mol. The van der Waals surface area contributed by atoms with E-state index in [-0.39, 0.29) is 6.10 Å². The largest absolute Gasteiger partial charge is 0.436 e. The van der Waals surface area contributed by atoms with Gasteiger partial charge in [0.2, 0.25) is 5.89 Å². The molecular formula is C12H13BrN2O2. The number of anilines is 1. The van der Waals surface area contributed by atoms with Gasteiger partial charge in [0.05, 0.1) is 5.69 Å². The number of ether oxygens (including phenoxy) is 1. The van der Waals surface area contributed by atoms with E-state index < -0.39 is 0 Å². The molecule has 0 bridgehead atoms. The van der Waals surface area contributed by atoms with Gasteiger partial charge in [-0.2, -0.15) is 0 Å². The Balaban J connectivity index is 2.03. The van der Waals surface area contributed by atoms with Crippen LogP contribution >= 0.6 is 15.9 Å². The highest BCUT2D eigenvalue weighted by Crippen LogP contribution is 2.32. The summed E-state index contributed by atoms with van der Waals surface area (Å²) in [6.07, 6.45) is 3.22. The topological polar surface area (TPSA) is 61.3 Å². The van der Waals surface area contributed by atoms with Crippen LogP contribution < -0.4 is 5.73 Å². The Kier molecular flexibility index (Phi) is 2.80. The predicted molar refractivity (Wildman–Crippen MR) is 68.7 cm³/mol. The molecule has 90 valence electrons. The van der Waals surface area contributed by atoms with Crippen molar-refractivity contribution in [3.8, 4) is 0 Å². The lowest BCUT2D eigenvalue weighted by atomic mass is 10.1. The van der Waals surface area contributed by atoms with Crippen LogP contribution in [0, 0.1) is 0 Å². The number of hydrogen-bond donors (Lipinski definition) is 1. The highest BCUT2D eigenvalue weighted by molar-refractivity contribution is 9.10. The number of halogens is 1. The summed E-state index contributed by atoms with van der Waals surface area (Å²) >= 11 is 3.40. The minimum Gasteiger partial charge on any atom is -0.436 e. The van der Waals surface area contributed by atoms with Crippen LogP contribution in [0.1, 0.15) is 31.3 Å². The third kappa shape index (κ3) is 2.05. The Morgan fingerprint density at radius 3 is 3.00 bits per heavy atom. The Bertz CT molecular complexity index is 547. The van der Waals surface area contributed by atoms with Gasteiger partial charge in [-0.05, 0) is 31.4 Å². The van der Waals surface area contributed by atoms with Crippen LogP contribution in [0.25, 0.3) is 11.1 Å². The quantitative estimate of drug-likeness (QED) is 0.819. The molecule has 4 nitrogen and oxygen atoms in total. The van der Waals surface area contributed by atoms with Gasteiger partial charge in [-0.1, -0.05) is 15.9 Å². The molecule has 1 unspecified atom stereocenters. The highest BCUT2D eigenvalue weighted by Gasteiger charge is 2.22. The summed E-state index contributed by atoms with van der Waals surface area (Å²) in [5.74, 6) is 0.643. The van der Waals surface area contributed by atoms with Gasteiger partial charge >= 0.3 is 0 Å². The predicted octanol–water partition coefficient (Wildman–Crippen LogP) is 3.41. The third-order valence-electron chi connectivity index (χ3n) is 2.96. The molecule has 0 amide bonds. The molecule has 1 atom stereocenters. The number of fused-ring (bicyclic) bond motifs is 1. The maximum absolute atomic E-state index is 5.90. The lowest BCUT2D eigenvalue weighted by Crippen LogP contribution is -2.11. The summed E-state index contributed by atoms with van der Waals surface area (Å²) in [6.45, 7) is 0.780. The molecule has 3 rings (SSSR count). The zero-order valence-electron chi connectivity index (χ0n) is 9.28. The third-order valence-corrected chi connectivity index (χ3v) is 3.41. The second-order valence-corrected chi connectivity index (χ2v) is 5.17. The maximum Gasteiger partial charge on any atom is 0.224 e. The molecule has 1 aliphatic rings. The van der Waals surface area contributed by atoms with Gasteiger partial charge in [-0.3, -0.25) is 0 Å². The average molecular weight is 297 g/mol. The second-order valence-electron chi connectivity index (χ2n) is 4.25. The number of nitrogens with zero attached hydrogens (tertiary/aromatic N) is 1. The average Bonchev–Trinajstić information content (AvgIpc) is 2.74. The van der Waals surface area contributed by atoms with Crippen LogP contribution in [-0.2, 0) is 4.74 Å². The fraction of sp³-hybridized carbons (Fsp3) is 0.417. The maximum atomic E-state index is 5.90. The van der Waals surface area contributed by atoms with E-state index in [1.165, 1.54) is 0 Å². The summed E-state index contributed by atoms with van der Waals surface area (Å²) in [7, 11) is 0. The van der Waals surface area contributed by atoms with Crippen molar-refractivity contribution < 1.29 is 9.15 Å². The molecule has 5 heteroatoms. The minimum atomic E-state index is -0.0191. The summed E-state index contributed by atoms with van der Waals surface area (Å²) < 4.78 is 12.3. The van der Waals surface area contributed by atoms with E-state index in [2.05, 4.69) is 20.9 Å². The van der Waals surface area contributed by atoms with Crippen molar-refractivity contribution in [2.24, 2.45) is 0 Å². The summed E-state index contributed by atoms with van der Waals surface area (Å²) in [4.78, 5) is 4.46. The first kappa shape index (κ1) is 11.0. The van der Waals surface area contributed by atoms with Crippen LogP contribution in [-0.4, -0.2) is 11.6 Å². The number of nitrogen functional groups attached to an aromatic ring is 1. The van der Waals surface area contributed by atoms with Gasteiger partial charge in [0.15, 0.2) is 5.58 Å². The number of hydrogen-bond acceptors (Lipinski definition) is 4. The van der Waals surface area contributed by atoms with Crippen LogP contribution in [0.2, 0.25) is 0 Å². The molecule has 2 aromatic rings. The molecule has 2 N–H and O–H groups in total. The second kappa shape index (κ2) is 4.31. The van der Waals surface area contributed by atoms with Gasteiger partial charge in [0.25, 0.3) is 0 Å². The molecule has 1 aromatic heterocycles. The van der Waals surface area contributed by atoms with E-state index in [1.807, 2.05) is 12.1 Å². The Morgan fingerprint density at radius 2 is 2.24 bits per heavy atom. The van der Waals surface area contributed by atoms with E-state index in [9.17, 15) is 0 Å². The lowest BCUT2D eigenvalue weighted by molar-refractivity contribution is -0.000533. The van der Waals surface area contributed by atoms with Crippen LogP contribution in [0.3, 0.4) is 0 Å². The molecule has 1 fully saturated rings. The van der Waals surface area contributed by atoms with Gasteiger partial charge in [-0.25, -0.2) is 4.98 Å². The van der Waals surface area contributed by atoms with Gasteiger partial charge in [0, 0.05) is 11.1 Å². The van der Waals surface area contributed by atoms with Crippen LogP contribution in [0.5, 0.6) is 0 Å². The highest BCUT2D eigenvalue weighted by atomic mass is 79.9. The molecule has 1 aliphatic heterocycles. The van der Waals surface area contributed by atoms with Crippen molar-refractivity contribution in [2.45, 2.75) is 25.4 Å². The van der Waals surface area contributed by atoms with Crippen molar-refractivity contribution in [3.05, 3.63) is 22.5 Å². The lowest BCUT2D eigenvalue weighted by Gasteiger charge is -2.19. The number of oxazole rings is 1. The van der Waals surface area contributed by atoms with Crippen LogP contribution in [0.15, 0.2) is 21.0 Å². The summed E-state index contributed by atoms with van der Waals surface area (Å²) in [6, 6.07) is 3.72. The smallest absolute Gasteiger partial charge is 0.224 e. The Hall–Kier alpha value is -1.07. The van der Waals surface area contributed by atoms with Crippen LogP contribution in [0.4, 0.5) is 5.69 Å². The zero-order chi connectivity index (χ0) is 11.8. The number of aromatic nitrogens is 1. The first-order valence-corrected chi connectivity index (χ1v) is 6.50. The van der Waals surface area contributed by atoms with E-state index in [4.69, 9.17) is 14.9 Å². The molecule has 0 aliphatic carbocycles. The van der Waals surface area contributed by atoms with E-state index in [0.29, 0.717) is 17.2 Å². The number of rotatable bonds is 1. The standard InChI is InChI=1S/C12H13BrN2O2/c13-7-5-8(14)11-9(6-7)15-12(17-11)10-3-1-2-4-16-10/h5-6,10H,1-4,14H2. The van der Waals surface area contributed by atoms with Crippen molar-refractivity contribution in [1.82, 2.24) is 4.98 Å². The fourth-order valence-electron chi connectivity index (χ4n) is 2.11. The molecule has 2 heterocycles. The van der Waals surface area contributed by atoms with Gasteiger partial charge in [0.1, 0.15) is 11.6 Å². The number of benzene rings is 1. The first-order valence-electron chi connectivity index (χ1n) is 5.71. The summed E-state index contributed by atoms with van der Waals surface area (Å²) in [5, 5.41) is 0. The SMILES string of the molecule is Nc1cc(Br)cc2nc(C3CCCCO3)oc12. The Labute approximate surface area is 107 Å². The van der Waals surface area contributed by atoms with Gasteiger partial charge < -0.3 is 14.9 Å². The first-order chi connectivity index (χ1) is 8.24. The molecule has 1 aromatic carbocycles.